The minimum Gasteiger partial charge on any atom is -0.423 e. The topological polar surface area (TPSA) is 30.2 Å². The molecule has 16 heavy (non-hydrogen) atoms. The van der Waals surface area contributed by atoms with Gasteiger partial charge in [0, 0.05) is 10.9 Å². The van der Waals surface area contributed by atoms with Gasteiger partial charge in [-0.1, -0.05) is 23.8 Å². The van der Waals surface area contributed by atoms with Crippen LogP contribution in [-0.4, -0.2) is 0 Å². The number of hydrogen-bond acceptors (Lipinski definition) is 2. The minimum atomic E-state index is -0.236. The maximum absolute atomic E-state index is 11.6. The highest BCUT2D eigenvalue weighted by molar-refractivity contribution is 5.76. The van der Waals surface area contributed by atoms with Gasteiger partial charge in [-0.25, -0.2) is 4.79 Å². The van der Waals surface area contributed by atoms with Gasteiger partial charge in [-0.2, -0.15) is 0 Å². The Morgan fingerprint density at radius 3 is 2.88 bits per heavy atom. The van der Waals surface area contributed by atoms with Crippen LogP contribution in [0.3, 0.4) is 0 Å². The molecule has 0 unspecified atom stereocenters. The molecule has 0 aliphatic heterocycles. The summed E-state index contributed by atoms with van der Waals surface area (Å²) in [6.07, 6.45) is 1.52. The predicted octanol–water partition coefficient (Wildman–Crippen LogP) is 3.30. The minimum absolute atomic E-state index is 0.236. The molecule has 1 aromatic carbocycles. The van der Waals surface area contributed by atoms with Crippen LogP contribution in [0, 0.1) is 0 Å². The standard InChI is InChI=1S/C14H14O2/c1-10(2)7-8-12-9-11-5-3-4-6-13(11)16-14(12)15/h3-6,9H,1,7-8H2,2H3. The van der Waals surface area contributed by atoms with E-state index in [2.05, 4.69) is 6.58 Å². The third kappa shape index (κ3) is 2.22. The Morgan fingerprint density at radius 2 is 2.12 bits per heavy atom. The molecule has 0 N–H and O–H groups in total. The summed E-state index contributed by atoms with van der Waals surface area (Å²) in [5.74, 6) is 0. The van der Waals surface area contributed by atoms with Crippen molar-refractivity contribution >= 4 is 11.0 Å². The van der Waals surface area contributed by atoms with Crippen LogP contribution < -0.4 is 5.63 Å². The SMILES string of the molecule is C=C(C)CCc1cc2ccccc2oc1=O. The summed E-state index contributed by atoms with van der Waals surface area (Å²) in [5, 5.41) is 0.971. The van der Waals surface area contributed by atoms with E-state index in [-0.39, 0.29) is 5.63 Å². The first-order valence-electron chi connectivity index (χ1n) is 5.33. The summed E-state index contributed by atoms with van der Waals surface area (Å²) in [5.41, 5.74) is 2.21. The highest BCUT2D eigenvalue weighted by atomic mass is 16.4. The second-order valence-corrected chi connectivity index (χ2v) is 4.05. The zero-order valence-electron chi connectivity index (χ0n) is 9.32. The summed E-state index contributed by atoms with van der Waals surface area (Å²) >= 11 is 0. The Morgan fingerprint density at radius 1 is 1.38 bits per heavy atom. The normalized spacial score (nSPS) is 10.6. The van der Waals surface area contributed by atoms with E-state index < -0.39 is 0 Å². The van der Waals surface area contributed by atoms with Crippen LogP contribution in [0.25, 0.3) is 11.0 Å². The predicted molar refractivity (Wildman–Crippen MR) is 65.6 cm³/mol. The molecule has 1 aromatic heterocycles. The van der Waals surface area contributed by atoms with Crippen LogP contribution in [0.15, 0.2) is 51.7 Å². The van der Waals surface area contributed by atoms with E-state index >= 15 is 0 Å². The van der Waals surface area contributed by atoms with Crippen molar-refractivity contribution in [2.75, 3.05) is 0 Å². The first kappa shape index (κ1) is 10.7. The van der Waals surface area contributed by atoms with Crippen LogP contribution in [-0.2, 0) is 6.42 Å². The second-order valence-electron chi connectivity index (χ2n) is 4.05. The van der Waals surface area contributed by atoms with Crippen molar-refractivity contribution in [1.82, 2.24) is 0 Å². The Hall–Kier alpha value is -1.83. The Labute approximate surface area is 94.2 Å². The molecule has 2 nitrogen and oxygen atoms in total. The van der Waals surface area contributed by atoms with Crippen LogP contribution in [0.2, 0.25) is 0 Å². The van der Waals surface area contributed by atoms with Crippen molar-refractivity contribution < 1.29 is 4.42 Å². The van der Waals surface area contributed by atoms with Gasteiger partial charge in [-0.15, -0.1) is 6.58 Å². The third-order valence-corrected chi connectivity index (χ3v) is 2.53. The van der Waals surface area contributed by atoms with Gasteiger partial charge in [-0.3, -0.25) is 0 Å². The number of rotatable bonds is 3. The van der Waals surface area contributed by atoms with E-state index in [1.165, 1.54) is 0 Å². The monoisotopic (exact) mass is 214 g/mol. The lowest BCUT2D eigenvalue weighted by molar-refractivity contribution is 0.549. The quantitative estimate of drug-likeness (QED) is 0.579. The number of allylic oxidation sites excluding steroid dienone is 1. The fourth-order valence-electron chi connectivity index (χ4n) is 1.63. The maximum Gasteiger partial charge on any atom is 0.339 e. The zero-order chi connectivity index (χ0) is 11.5. The average molecular weight is 214 g/mol. The summed E-state index contributed by atoms with van der Waals surface area (Å²) in [6.45, 7) is 5.79. The van der Waals surface area contributed by atoms with Crippen molar-refractivity contribution in [3.8, 4) is 0 Å². The molecular formula is C14H14O2. The van der Waals surface area contributed by atoms with Crippen LogP contribution in [0.4, 0.5) is 0 Å². The van der Waals surface area contributed by atoms with E-state index in [9.17, 15) is 4.79 Å². The average Bonchev–Trinajstić information content (AvgIpc) is 2.26. The summed E-state index contributed by atoms with van der Waals surface area (Å²) in [6, 6.07) is 9.45. The van der Waals surface area contributed by atoms with Crippen molar-refractivity contribution in [3.05, 3.63) is 58.5 Å². The van der Waals surface area contributed by atoms with Gasteiger partial charge in [0.15, 0.2) is 0 Å². The Bertz CT molecular complexity index is 579. The second kappa shape index (κ2) is 4.35. The molecule has 2 aromatic rings. The van der Waals surface area contributed by atoms with Crippen LogP contribution >= 0.6 is 0 Å². The smallest absolute Gasteiger partial charge is 0.339 e. The summed E-state index contributed by atoms with van der Waals surface area (Å²) in [4.78, 5) is 11.6. The number of hydrogen-bond donors (Lipinski definition) is 0. The fraction of sp³-hybridized carbons (Fsp3) is 0.214. The highest BCUT2D eigenvalue weighted by Crippen LogP contribution is 2.14. The van der Waals surface area contributed by atoms with Crippen LogP contribution in [0.1, 0.15) is 18.9 Å². The van der Waals surface area contributed by atoms with Gasteiger partial charge in [0.1, 0.15) is 5.58 Å². The van der Waals surface area contributed by atoms with E-state index in [1.807, 2.05) is 31.2 Å². The van der Waals surface area contributed by atoms with Gasteiger partial charge in [0.2, 0.25) is 0 Å². The van der Waals surface area contributed by atoms with Gasteiger partial charge < -0.3 is 4.42 Å². The fourth-order valence-corrected chi connectivity index (χ4v) is 1.63. The molecule has 0 bridgehead atoms. The molecule has 0 fully saturated rings. The largest absolute Gasteiger partial charge is 0.423 e. The molecule has 2 rings (SSSR count). The van der Waals surface area contributed by atoms with Crippen molar-refractivity contribution in [1.29, 1.82) is 0 Å². The lowest BCUT2D eigenvalue weighted by Gasteiger charge is -2.01. The molecule has 0 amide bonds. The highest BCUT2D eigenvalue weighted by Gasteiger charge is 2.04. The number of aryl methyl sites for hydroxylation is 1. The van der Waals surface area contributed by atoms with E-state index in [0.29, 0.717) is 12.0 Å². The number of para-hydroxylation sites is 1. The molecular weight excluding hydrogens is 200 g/mol. The van der Waals surface area contributed by atoms with Gasteiger partial charge in [0.05, 0.1) is 0 Å². The van der Waals surface area contributed by atoms with Gasteiger partial charge >= 0.3 is 5.63 Å². The lowest BCUT2D eigenvalue weighted by Crippen LogP contribution is -2.06. The third-order valence-electron chi connectivity index (χ3n) is 2.53. The van der Waals surface area contributed by atoms with E-state index in [1.54, 1.807) is 6.07 Å². The molecule has 2 heteroatoms. The molecule has 0 radical (unpaired) electrons. The summed E-state index contributed by atoms with van der Waals surface area (Å²) < 4.78 is 5.24. The van der Waals surface area contributed by atoms with Gasteiger partial charge in [0.25, 0.3) is 0 Å². The van der Waals surface area contributed by atoms with E-state index in [4.69, 9.17) is 4.42 Å². The molecule has 82 valence electrons. The van der Waals surface area contributed by atoms with Crippen molar-refractivity contribution in [2.24, 2.45) is 0 Å². The number of benzene rings is 1. The summed E-state index contributed by atoms with van der Waals surface area (Å²) in [7, 11) is 0. The zero-order valence-corrected chi connectivity index (χ0v) is 9.32. The molecule has 0 aliphatic rings. The Balaban J connectivity index is 2.42. The van der Waals surface area contributed by atoms with Crippen molar-refractivity contribution in [3.63, 3.8) is 0 Å². The number of fused-ring (bicyclic) bond motifs is 1. The molecule has 1 heterocycles. The Kier molecular flexibility index (Phi) is 2.91. The molecule has 0 saturated carbocycles. The van der Waals surface area contributed by atoms with Crippen molar-refractivity contribution in [2.45, 2.75) is 19.8 Å². The first-order valence-corrected chi connectivity index (χ1v) is 5.33. The maximum atomic E-state index is 11.6. The van der Waals surface area contributed by atoms with E-state index in [0.717, 1.165) is 22.9 Å². The first-order chi connectivity index (χ1) is 7.66. The molecule has 0 atom stereocenters. The molecule has 0 saturated heterocycles. The lowest BCUT2D eigenvalue weighted by atomic mass is 10.1. The van der Waals surface area contributed by atoms with Gasteiger partial charge in [-0.05, 0) is 31.9 Å². The van der Waals surface area contributed by atoms with Crippen LogP contribution in [0.5, 0.6) is 0 Å². The molecule has 0 aliphatic carbocycles. The molecule has 0 spiro atoms.